The van der Waals surface area contributed by atoms with Crippen molar-refractivity contribution in [1.29, 1.82) is 0 Å². The number of aromatic nitrogens is 1. The van der Waals surface area contributed by atoms with Crippen molar-refractivity contribution in [3.8, 4) is 17.2 Å². The van der Waals surface area contributed by atoms with E-state index >= 15 is 0 Å². The Kier molecular flexibility index (Phi) is 6.06. The van der Waals surface area contributed by atoms with E-state index in [-0.39, 0.29) is 5.75 Å². The molecule has 152 valence electrons. The molecule has 0 saturated heterocycles. The Balaban J connectivity index is 1.65. The molecule has 1 aromatic heterocycles. The highest BCUT2D eigenvalue weighted by molar-refractivity contribution is 9.11. The van der Waals surface area contributed by atoms with Gasteiger partial charge in [0.05, 0.1) is 10.2 Å². The first kappa shape index (κ1) is 20.8. The predicted molar refractivity (Wildman–Crippen MR) is 129 cm³/mol. The van der Waals surface area contributed by atoms with E-state index < -0.39 is 0 Å². The molecule has 30 heavy (non-hydrogen) atoms. The summed E-state index contributed by atoms with van der Waals surface area (Å²) in [6.45, 7) is 4.40. The van der Waals surface area contributed by atoms with Crippen LogP contribution >= 0.6 is 31.9 Å². The molecule has 0 bridgehead atoms. The van der Waals surface area contributed by atoms with Crippen molar-refractivity contribution < 1.29 is 9.52 Å². The van der Waals surface area contributed by atoms with Gasteiger partial charge in [0.1, 0.15) is 11.3 Å². The fourth-order valence-electron chi connectivity index (χ4n) is 3.16. The minimum atomic E-state index is 0.147. The van der Waals surface area contributed by atoms with Crippen molar-refractivity contribution in [3.63, 3.8) is 0 Å². The molecule has 0 saturated carbocycles. The van der Waals surface area contributed by atoms with Gasteiger partial charge in [-0.2, -0.15) is 0 Å². The minimum absolute atomic E-state index is 0.147. The molecule has 3 aromatic carbocycles. The van der Waals surface area contributed by atoms with Gasteiger partial charge in [0, 0.05) is 21.8 Å². The quantitative estimate of drug-likeness (QED) is 0.267. The number of oxazole rings is 1. The van der Waals surface area contributed by atoms with Gasteiger partial charge < -0.3 is 9.52 Å². The van der Waals surface area contributed by atoms with Crippen LogP contribution in [-0.4, -0.2) is 16.3 Å². The van der Waals surface area contributed by atoms with Crippen LogP contribution in [0, 0.1) is 0 Å². The van der Waals surface area contributed by atoms with Crippen molar-refractivity contribution in [2.75, 3.05) is 0 Å². The number of rotatable bonds is 5. The summed E-state index contributed by atoms with van der Waals surface area (Å²) in [7, 11) is 0. The van der Waals surface area contributed by atoms with Crippen LogP contribution in [0.2, 0.25) is 0 Å². The van der Waals surface area contributed by atoms with Gasteiger partial charge in [-0.15, -0.1) is 0 Å². The average molecular weight is 528 g/mol. The summed E-state index contributed by atoms with van der Waals surface area (Å²) in [5.74, 6) is 1.20. The van der Waals surface area contributed by atoms with E-state index in [9.17, 15) is 5.11 Å². The third kappa shape index (κ3) is 4.35. The van der Waals surface area contributed by atoms with Gasteiger partial charge in [-0.3, -0.25) is 4.99 Å². The monoisotopic (exact) mass is 526 g/mol. The number of phenols is 1. The van der Waals surface area contributed by atoms with E-state index in [4.69, 9.17) is 4.42 Å². The fourth-order valence-corrected chi connectivity index (χ4v) is 4.42. The lowest BCUT2D eigenvalue weighted by Gasteiger charge is -2.07. The number of halogens is 2. The van der Waals surface area contributed by atoms with E-state index in [0.29, 0.717) is 21.8 Å². The molecule has 1 atom stereocenters. The summed E-state index contributed by atoms with van der Waals surface area (Å²) in [5.41, 5.74) is 5.11. The van der Waals surface area contributed by atoms with Gasteiger partial charge >= 0.3 is 0 Å². The molecule has 4 rings (SSSR count). The standard InChI is InChI=1S/C24H20Br2N2O2/c1-3-14(2)15-7-8-22-21(11-15)28-24(30-22)16-5-4-6-19(10-16)27-13-17-9-18(25)12-20(26)23(17)29/h4-14,29H,3H2,1-2H3/t14-/m1/s1. The largest absolute Gasteiger partial charge is 0.506 e. The number of aliphatic imine (C=N–C) groups is 1. The average Bonchev–Trinajstić information content (AvgIpc) is 3.18. The predicted octanol–water partition coefficient (Wildman–Crippen LogP) is 7.99. The molecule has 0 radical (unpaired) electrons. The summed E-state index contributed by atoms with van der Waals surface area (Å²) in [6.07, 6.45) is 2.72. The second-order valence-corrected chi connectivity index (χ2v) is 8.96. The Labute approximate surface area is 191 Å². The van der Waals surface area contributed by atoms with Gasteiger partial charge in [-0.1, -0.05) is 41.9 Å². The van der Waals surface area contributed by atoms with Crippen LogP contribution in [0.15, 0.2) is 73.0 Å². The highest BCUT2D eigenvalue weighted by Gasteiger charge is 2.11. The molecular weight excluding hydrogens is 508 g/mol. The second-order valence-electron chi connectivity index (χ2n) is 7.19. The maximum Gasteiger partial charge on any atom is 0.227 e. The van der Waals surface area contributed by atoms with Gasteiger partial charge in [-0.05, 0) is 76.3 Å². The van der Waals surface area contributed by atoms with Crippen LogP contribution in [0.4, 0.5) is 5.69 Å². The molecule has 0 aliphatic rings. The number of benzene rings is 3. The van der Waals surface area contributed by atoms with Crippen LogP contribution < -0.4 is 0 Å². The Morgan fingerprint density at radius 2 is 1.97 bits per heavy atom. The van der Waals surface area contributed by atoms with Gasteiger partial charge in [0.15, 0.2) is 5.58 Å². The number of aromatic hydroxyl groups is 1. The summed E-state index contributed by atoms with van der Waals surface area (Å²) in [4.78, 5) is 9.20. The number of fused-ring (bicyclic) bond motifs is 1. The highest BCUT2D eigenvalue weighted by Crippen LogP contribution is 2.32. The number of phenolic OH excluding ortho intramolecular Hbond substituents is 1. The van der Waals surface area contributed by atoms with Crippen molar-refractivity contribution in [2.24, 2.45) is 4.99 Å². The first-order chi connectivity index (χ1) is 14.4. The lowest BCUT2D eigenvalue weighted by atomic mass is 9.98. The summed E-state index contributed by atoms with van der Waals surface area (Å²) in [5, 5.41) is 10.2. The Bertz CT molecular complexity index is 1250. The first-order valence-corrected chi connectivity index (χ1v) is 11.3. The van der Waals surface area contributed by atoms with E-state index in [1.807, 2.05) is 36.4 Å². The summed E-state index contributed by atoms with van der Waals surface area (Å²) in [6, 6.07) is 17.5. The van der Waals surface area contributed by atoms with Crippen molar-refractivity contribution >= 4 is 54.9 Å². The number of hydrogen-bond donors (Lipinski definition) is 1. The maximum atomic E-state index is 10.2. The zero-order valence-corrected chi connectivity index (χ0v) is 19.7. The molecule has 0 aliphatic carbocycles. The summed E-state index contributed by atoms with van der Waals surface area (Å²) < 4.78 is 7.43. The smallest absolute Gasteiger partial charge is 0.227 e. The van der Waals surface area contributed by atoms with Gasteiger partial charge in [0.2, 0.25) is 5.89 Å². The zero-order chi connectivity index (χ0) is 21.3. The van der Waals surface area contributed by atoms with Crippen LogP contribution in [0.3, 0.4) is 0 Å². The molecule has 0 fully saturated rings. The second kappa shape index (κ2) is 8.74. The third-order valence-corrected chi connectivity index (χ3v) is 6.16. The molecule has 1 N–H and O–H groups in total. The molecule has 0 aliphatic heterocycles. The molecule has 1 heterocycles. The van der Waals surface area contributed by atoms with Crippen LogP contribution in [0.25, 0.3) is 22.6 Å². The molecule has 0 spiro atoms. The zero-order valence-electron chi connectivity index (χ0n) is 16.6. The van der Waals surface area contributed by atoms with Crippen molar-refractivity contribution in [2.45, 2.75) is 26.2 Å². The van der Waals surface area contributed by atoms with Crippen LogP contribution in [0.1, 0.15) is 37.3 Å². The van der Waals surface area contributed by atoms with Crippen LogP contribution in [0.5, 0.6) is 5.75 Å². The molecular formula is C24H20Br2N2O2. The maximum absolute atomic E-state index is 10.2. The van der Waals surface area contributed by atoms with Gasteiger partial charge in [-0.25, -0.2) is 4.98 Å². The van der Waals surface area contributed by atoms with E-state index in [0.717, 1.165) is 33.2 Å². The fraction of sp³-hybridized carbons (Fsp3) is 0.167. The molecule has 4 nitrogen and oxygen atoms in total. The normalized spacial score (nSPS) is 12.7. The third-order valence-electron chi connectivity index (χ3n) is 5.10. The van der Waals surface area contributed by atoms with E-state index in [1.165, 1.54) is 5.56 Å². The Morgan fingerprint density at radius 1 is 1.13 bits per heavy atom. The number of nitrogens with zero attached hydrogens (tertiary/aromatic N) is 2. The highest BCUT2D eigenvalue weighted by atomic mass is 79.9. The molecule has 4 aromatic rings. The summed E-state index contributed by atoms with van der Waals surface area (Å²) >= 11 is 6.77. The van der Waals surface area contributed by atoms with Gasteiger partial charge in [0.25, 0.3) is 0 Å². The first-order valence-electron chi connectivity index (χ1n) is 9.67. The molecule has 0 unspecified atom stereocenters. The van der Waals surface area contributed by atoms with E-state index in [2.05, 4.69) is 67.8 Å². The lowest BCUT2D eigenvalue weighted by molar-refractivity contribution is 0.471. The van der Waals surface area contributed by atoms with Crippen molar-refractivity contribution in [3.05, 3.63) is 74.7 Å². The minimum Gasteiger partial charge on any atom is -0.506 e. The number of hydrogen-bond acceptors (Lipinski definition) is 4. The SMILES string of the molecule is CC[C@@H](C)c1ccc2oc(-c3cccc(N=Cc4cc(Br)cc(Br)c4O)c3)nc2c1. The Morgan fingerprint density at radius 3 is 2.77 bits per heavy atom. The Hall–Kier alpha value is -2.44. The molecule has 0 amide bonds. The topological polar surface area (TPSA) is 58.6 Å². The molecule has 6 heteroatoms. The van der Waals surface area contributed by atoms with Crippen LogP contribution in [-0.2, 0) is 0 Å². The lowest BCUT2D eigenvalue weighted by Crippen LogP contribution is -1.90. The van der Waals surface area contributed by atoms with Crippen molar-refractivity contribution in [1.82, 2.24) is 4.98 Å². The van der Waals surface area contributed by atoms with E-state index in [1.54, 1.807) is 12.3 Å².